The highest BCUT2D eigenvalue weighted by Gasteiger charge is 2.19. The van der Waals surface area contributed by atoms with Crippen LogP contribution < -0.4 is 11.1 Å². The van der Waals surface area contributed by atoms with Gasteiger partial charge in [0.05, 0.1) is 24.5 Å². The molecule has 2 unspecified atom stereocenters. The number of nitrogens with two attached hydrogens (primary N) is 1. The van der Waals surface area contributed by atoms with Crippen LogP contribution in [0.25, 0.3) is 0 Å². The number of nitrogens with zero attached hydrogens (tertiary/aromatic N) is 3. The predicted octanol–water partition coefficient (Wildman–Crippen LogP) is 2.06. The van der Waals surface area contributed by atoms with Gasteiger partial charge in [-0.15, -0.1) is 12.4 Å². The number of hydrogen-bond donors (Lipinski definition) is 2. The molecule has 0 saturated heterocycles. The second-order valence-corrected chi connectivity index (χ2v) is 5.18. The van der Waals surface area contributed by atoms with Crippen molar-refractivity contribution >= 4 is 24.0 Å². The average Bonchev–Trinajstić information content (AvgIpc) is 2.93. The Hall–Kier alpha value is -1.92. The van der Waals surface area contributed by atoms with Crippen LogP contribution in [0.5, 0.6) is 0 Å². The fourth-order valence-corrected chi connectivity index (χ4v) is 1.93. The number of hydrogen-bond acceptors (Lipinski definition) is 4. The monoisotopic (exact) mass is 323 g/mol. The van der Waals surface area contributed by atoms with Crippen LogP contribution in [0.2, 0.25) is 0 Å². The lowest BCUT2D eigenvalue weighted by Crippen LogP contribution is -2.40. The third-order valence-electron chi connectivity index (χ3n) is 3.55. The number of pyridine rings is 1. The molecule has 2 heterocycles. The number of rotatable bonds is 6. The van der Waals surface area contributed by atoms with Crippen molar-refractivity contribution in [1.29, 1.82) is 0 Å². The largest absolute Gasteiger partial charge is 0.322 e. The van der Waals surface area contributed by atoms with Gasteiger partial charge in [-0.25, -0.2) is 0 Å². The van der Waals surface area contributed by atoms with Crippen molar-refractivity contribution in [1.82, 2.24) is 14.8 Å². The maximum absolute atomic E-state index is 12.0. The van der Waals surface area contributed by atoms with Crippen LogP contribution in [0.3, 0.4) is 0 Å². The Labute approximate surface area is 136 Å². The summed E-state index contributed by atoms with van der Waals surface area (Å²) in [5, 5.41) is 7.03. The number of nitrogens with one attached hydrogen (secondary N) is 1. The fraction of sp³-hybridized carbons (Fsp3) is 0.400. The summed E-state index contributed by atoms with van der Waals surface area (Å²) in [7, 11) is 0. The highest BCUT2D eigenvalue weighted by atomic mass is 35.5. The van der Waals surface area contributed by atoms with E-state index >= 15 is 0 Å². The predicted molar refractivity (Wildman–Crippen MR) is 88.9 cm³/mol. The van der Waals surface area contributed by atoms with E-state index in [9.17, 15) is 4.79 Å². The van der Waals surface area contributed by atoms with Crippen LogP contribution in [0.4, 0.5) is 5.69 Å². The summed E-state index contributed by atoms with van der Waals surface area (Å²) in [6.07, 6.45) is 7.78. The Bertz CT molecular complexity index is 587. The van der Waals surface area contributed by atoms with E-state index in [4.69, 9.17) is 5.73 Å². The van der Waals surface area contributed by atoms with Crippen LogP contribution in [-0.2, 0) is 11.3 Å². The van der Waals surface area contributed by atoms with E-state index in [2.05, 4.69) is 15.4 Å². The Kier molecular flexibility index (Phi) is 7.01. The van der Waals surface area contributed by atoms with Gasteiger partial charge in [-0.3, -0.25) is 14.5 Å². The molecule has 0 bridgehead atoms. The van der Waals surface area contributed by atoms with E-state index < -0.39 is 6.04 Å². The van der Waals surface area contributed by atoms with Crippen LogP contribution >= 0.6 is 12.4 Å². The Morgan fingerprint density at radius 3 is 2.73 bits per heavy atom. The van der Waals surface area contributed by atoms with Crippen LogP contribution in [0.1, 0.15) is 25.8 Å². The van der Waals surface area contributed by atoms with Crippen molar-refractivity contribution in [2.24, 2.45) is 11.7 Å². The van der Waals surface area contributed by atoms with E-state index in [1.54, 1.807) is 29.5 Å². The minimum Gasteiger partial charge on any atom is -0.322 e. The molecule has 0 aliphatic rings. The van der Waals surface area contributed by atoms with Crippen molar-refractivity contribution in [3.05, 3.63) is 42.5 Å². The Balaban J connectivity index is 0.00000242. The first-order valence-electron chi connectivity index (χ1n) is 7.08. The fourth-order valence-electron chi connectivity index (χ4n) is 1.93. The zero-order chi connectivity index (χ0) is 15.2. The maximum Gasteiger partial charge on any atom is 0.241 e. The van der Waals surface area contributed by atoms with Crippen molar-refractivity contribution in [2.45, 2.75) is 32.9 Å². The van der Waals surface area contributed by atoms with Gasteiger partial charge in [0.25, 0.3) is 0 Å². The van der Waals surface area contributed by atoms with Gasteiger partial charge >= 0.3 is 0 Å². The normalized spacial score (nSPS) is 13.0. The molecule has 7 heteroatoms. The summed E-state index contributed by atoms with van der Waals surface area (Å²) in [6, 6.07) is 3.36. The molecule has 0 spiro atoms. The highest BCUT2D eigenvalue weighted by molar-refractivity contribution is 5.94. The molecule has 120 valence electrons. The van der Waals surface area contributed by atoms with E-state index in [0.717, 1.165) is 12.0 Å². The summed E-state index contributed by atoms with van der Waals surface area (Å²) in [5.74, 6) is -0.0234. The molecule has 2 atom stereocenters. The van der Waals surface area contributed by atoms with Crippen molar-refractivity contribution in [2.75, 3.05) is 5.32 Å². The zero-order valence-electron chi connectivity index (χ0n) is 12.8. The molecule has 1 amide bonds. The topological polar surface area (TPSA) is 85.8 Å². The minimum atomic E-state index is -0.501. The third-order valence-corrected chi connectivity index (χ3v) is 3.55. The molecule has 0 aliphatic carbocycles. The van der Waals surface area contributed by atoms with E-state index in [-0.39, 0.29) is 24.2 Å². The molecule has 0 fully saturated rings. The van der Waals surface area contributed by atoms with Crippen molar-refractivity contribution in [3.8, 4) is 0 Å². The van der Waals surface area contributed by atoms with E-state index in [1.807, 2.05) is 26.0 Å². The molecule has 0 radical (unpaired) electrons. The first kappa shape index (κ1) is 18.1. The third kappa shape index (κ3) is 4.82. The lowest BCUT2D eigenvalue weighted by Gasteiger charge is -2.16. The number of aromatic nitrogens is 3. The van der Waals surface area contributed by atoms with Gasteiger partial charge < -0.3 is 11.1 Å². The maximum atomic E-state index is 12.0. The minimum absolute atomic E-state index is 0. The second-order valence-electron chi connectivity index (χ2n) is 5.18. The summed E-state index contributed by atoms with van der Waals surface area (Å²) < 4.78 is 1.76. The lowest BCUT2D eigenvalue weighted by molar-refractivity contribution is -0.118. The van der Waals surface area contributed by atoms with E-state index in [0.29, 0.717) is 12.2 Å². The quantitative estimate of drug-likeness (QED) is 0.852. The molecular formula is C15H22ClN5O. The number of carbonyl (C=O) groups is 1. The summed E-state index contributed by atoms with van der Waals surface area (Å²) in [5.41, 5.74) is 7.66. The summed E-state index contributed by atoms with van der Waals surface area (Å²) in [6.45, 7) is 4.62. The highest BCUT2D eigenvalue weighted by Crippen LogP contribution is 2.11. The van der Waals surface area contributed by atoms with Crippen LogP contribution in [0.15, 0.2) is 36.9 Å². The Morgan fingerprint density at radius 2 is 2.09 bits per heavy atom. The first-order valence-corrected chi connectivity index (χ1v) is 7.08. The average molecular weight is 324 g/mol. The van der Waals surface area contributed by atoms with Gasteiger partial charge in [0.2, 0.25) is 5.91 Å². The summed E-state index contributed by atoms with van der Waals surface area (Å²) in [4.78, 5) is 16.0. The van der Waals surface area contributed by atoms with E-state index in [1.165, 1.54) is 0 Å². The zero-order valence-corrected chi connectivity index (χ0v) is 13.6. The standard InChI is InChI=1S/C15H21N5O.ClH/c1-3-11(2)14(16)15(21)19-13-8-18-20(10-13)9-12-4-6-17-7-5-12;/h4-8,10-11,14H,3,9,16H2,1-2H3,(H,19,21);1H. The molecule has 6 nitrogen and oxygen atoms in total. The molecule has 2 aromatic heterocycles. The molecule has 3 N–H and O–H groups in total. The van der Waals surface area contributed by atoms with Gasteiger partial charge in [0.1, 0.15) is 0 Å². The van der Waals surface area contributed by atoms with Gasteiger partial charge in [-0.2, -0.15) is 5.10 Å². The van der Waals surface area contributed by atoms with Gasteiger partial charge in [-0.1, -0.05) is 20.3 Å². The molecule has 2 aromatic rings. The SMILES string of the molecule is CCC(C)C(N)C(=O)Nc1cnn(Cc2ccncc2)c1.Cl. The number of carbonyl (C=O) groups excluding carboxylic acids is 1. The molecule has 0 aromatic carbocycles. The number of anilines is 1. The van der Waals surface area contributed by atoms with Gasteiger partial charge in [0, 0.05) is 18.6 Å². The lowest BCUT2D eigenvalue weighted by atomic mass is 9.99. The first-order chi connectivity index (χ1) is 10.1. The molecule has 0 aliphatic heterocycles. The van der Waals surface area contributed by atoms with Crippen LogP contribution in [0, 0.1) is 5.92 Å². The molecule has 22 heavy (non-hydrogen) atoms. The smallest absolute Gasteiger partial charge is 0.241 e. The van der Waals surface area contributed by atoms with Crippen molar-refractivity contribution in [3.63, 3.8) is 0 Å². The number of halogens is 1. The molecule has 2 rings (SSSR count). The second kappa shape index (κ2) is 8.51. The van der Waals surface area contributed by atoms with Gasteiger partial charge in [-0.05, 0) is 23.6 Å². The molecule has 0 saturated carbocycles. The Morgan fingerprint density at radius 1 is 1.41 bits per heavy atom. The summed E-state index contributed by atoms with van der Waals surface area (Å²) >= 11 is 0. The molecular weight excluding hydrogens is 302 g/mol. The van der Waals surface area contributed by atoms with Gasteiger partial charge in [0.15, 0.2) is 0 Å². The van der Waals surface area contributed by atoms with Crippen molar-refractivity contribution < 1.29 is 4.79 Å². The van der Waals surface area contributed by atoms with Crippen LogP contribution in [-0.4, -0.2) is 26.7 Å². The number of amides is 1.